The van der Waals surface area contributed by atoms with Gasteiger partial charge in [-0.3, -0.25) is 19.7 Å². The number of aromatic nitrogens is 1. The van der Waals surface area contributed by atoms with Crippen molar-refractivity contribution in [3.63, 3.8) is 0 Å². The van der Waals surface area contributed by atoms with E-state index in [-0.39, 0.29) is 23.8 Å². The molecule has 2 rings (SSSR count). The normalized spacial score (nSPS) is 10.2. The Hall–Kier alpha value is -2.81. The van der Waals surface area contributed by atoms with Crippen molar-refractivity contribution >= 4 is 34.3 Å². The van der Waals surface area contributed by atoms with Crippen molar-refractivity contribution in [1.82, 2.24) is 10.3 Å². The summed E-state index contributed by atoms with van der Waals surface area (Å²) in [6.45, 7) is 3.12. The number of hydrogen-bond donors (Lipinski definition) is 2. The van der Waals surface area contributed by atoms with Gasteiger partial charge in [-0.2, -0.15) is 0 Å². The molecule has 0 bridgehead atoms. The third kappa shape index (κ3) is 5.08. The van der Waals surface area contributed by atoms with Crippen LogP contribution >= 0.6 is 11.3 Å². The van der Waals surface area contributed by atoms with E-state index in [4.69, 9.17) is 4.74 Å². The molecule has 0 aliphatic heterocycles. The molecule has 0 saturated carbocycles. The van der Waals surface area contributed by atoms with E-state index in [9.17, 15) is 18.8 Å². The molecule has 0 fully saturated rings. The minimum absolute atomic E-state index is 0.0653. The predicted octanol–water partition coefficient (Wildman–Crippen LogP) is 2.14. The third-order valence-corrected chi connectivity index (χ3v) is 4.11. The van der Waals surface area contributed by atoms with Crippen LogP contribution in [0.15, 0.2) is 24.3 Å². The Balaban J connectivity index is 1.99. The van der Waals surface area contributed by atoms with E-state index in [0.29, 0.717) is 10.6 Å². The Morgan fingerprint density at radius 1 is 1.24 bits per heavy atom. The summed E-state index contributed by atoms with van der Waals surface area (Å²) in [5, 5.41) is 5.25. The van der Waals surface area contributed by atoms with Gasteiger partial charge in [-0.1, -0.05) is 23.5 Å². The van der Waals surface area contributed by atoms with Gasteiger partial charge < -0.3 is 10.1 Å². The lowest BCUT2D eigenvalue weighted by molar-refractivity contribution is -0.140. The van der Waals surface area contributed by atoms with E-state index in [1.165, 1.54) is 25.1 Å². The SMILES string of the molecule is CC(=O)OCCNC(=O)c1sc(NC(=O)c2ccccc2F)nc1C. The molecule has 9 heteroatoms. The van der Waals surface area contributed by atoms with Crippen LogP contribution in [0.1, 0.15) is 32.6 Å². The van der Waals surface area contributed by atoms with Gasteiger partial charge in [0.05, 0.1) is 17.8 Å². The van der Waals surface area contributed by atoms with E-state index >= 15 is 0 Å². The maximum atomic E-state index is 13.6. The van der Waals surface area contributed by atoms with Crippen LogP contribution < -0.4 is 10.6 Å². The summed E-state index contributed by atoms with van der Waals surface area (Å²) in [6.07, 6.45) is 0. The number of amides is 2. The van der Waals surface area contributed by atoms with Crippen molar-refractivity contribution in [3.8, 4) is 0 Å². The standard InChI is InChI=1S/C16H16FN3O4S/c1-9-13(15(23)18-7-8-24-10(2)21)25-16(19-9)20-14(22)11-5-3-4-6-12(11)17/h3-6H,7-8H2,1-2H3,(H,18,23)(H,19,20,22). The van der Waals surface area contributed by atoms with Gasteiger partial charge in [-0.05, 0) is 19.1 Å². The summed E-state index contributed by atoms with van der Waals surface area (Å²) >= 11 is 0.975. The molecule has 0 spiro atoms. The van der Waals surface area contributed by atoms with Crippen molar-refractivity contribution in [3.05, 3.63) is 46.2 Å². The lowest BCUT2D eigenvalue weighted by Crippen LogP contribution is -2.27. The smallest absolute Gasteiger partial charge is 0.302 e. The number of thiazole rings is 1. The van der Waals surface area contributed by atoms with Crippen LogP contribution in [0.2, 0.25) is 0 Å². The number of carbonyl (C=O) groups excluding carboxylic acids is 3. The molecule has 0 aliphatic carbocycles. The average molecular weight is 365 g/mol. The molecule has 2 N–H and O–H groups in total. The number of rotatable bonds is 6. The topological polar surface area (TPSA) is 97.4 Å². The zero-order chi connectivity index (χ0) is 18.4. The molecular formula is C16H16FN3O4S. The Labute approximate surface area is 147 Å². The minimum Gasteiger partial charge on any atom is -0.464 e. The third-order valence-electron chi connectivity index (χ3n) is 3.03. The number of ether oxygens (including phenoxy) is 1. The zero-order valence-electron chi connectivity index (χ0n) is 13.6. The first-order chi connectivity index (χ1) is 11.9. The van der Waals surface area contributed by atoms with Crippen molar-refractivity contribution in [2.75, 3.05) is 18.5 Å². The lowest BCUT2D eigenvalue weighted by atomic mass is 10.2. The first kappa shape index (κ1) is 18.5. The highest BCUT2D eigenvalue weighted by molar-refractivity contribution is 7.17. The van der Waals surface area contributed by atoms with Crippen LogP contribution in [-0.2, 0) is 9.53 Å². The Morgan fingerprint density at radius 3 is 2.64 bits per heavy atom. The quantitative estimate of drug-likeness (QED) is 0.604. The average Bonchev–Trinajstić information content (AvgIpc) is 2.92. The molecule has 0 saturated heterocycles. The summed E-state index contributed by atoms with van der Waals surface area (Å²) in [4.78, 5) is 39.2. The van der Waals surface area contributed by atoms with Crippen molar-refractivity contribution in [2.24, 2.45) is 0 Å². The number of halogens is 1. The largest absolute Gasteiger partial charge is 0.464 e. The summed E-state index contributed by atoms with van der Waals surface area (Å²) in [6, 6.07) is 5.57. The molecular weight excluding hydrogens is 349 g/mol. The van der Waals surface area contributed by atoms with Gasteiger partial charge in [0, 0.05) is 6.92 Å². The highest BCUT2D eigenvalue weighted by Crippen LogP contribution is 2.23. The van der Waals surface area contributed by atoms with E-state index in [1.54, 1.807) is 13.0 Å². The van der Waals surface area contributed by atoms with Gasteiger partial charge in [-0.15, -0.1) is 0 Å². The molecule has 0 unspecified atom stereocenters. The highest BCUT2D eigenvalue weighted by Gasteiger charge is 2.18. The fourth-order valence-electron chi connectivity index (χ4n) is 1.91. The maximum absolute atomic E-state index is 13.6. The molecule has 0 aliphatic rings. The number of anilines is 1. The Morgan fingerprint density at radius 2 is 1.96 bits per heavy atom. The molecule has 132 valence electrons. The second kappa shape index (κ2) is 8.34. The number of aryl methyl sites for hydroxylation is 1. The number of hydrogen-bond acceptors (Lipinski definition) is 6. The van der Waals surface area contributed by atoms with E-state index in [0.717, 1.165) is 11.3 Å². The molecule has 2 aromatic rings. The molecule has 1 aromatic heterocycles. The molecule has 0 atom stereocenters. The van der Waals surface area contributed by atoms with Crippen LogP contribution in [-0.4, -0.2) is 35.9 Å². The van der Waals surface area contributed by atoms with Gasteiger partial charge in [0.25, 0.3) is 11.8 Å². The molecule has 2 amide bonds. The van der Waals surface area contributed by atoms with Crippen LogP contribution in [0.25, 0.3) is 0 Å². The van der Waals surface area contributed by atoms with Gasteiger partial charge in [0.15, 0.2) is 5.13 Å². The molecule has 1 heterocycles. The maximum Gasteiger partial charge on any atom is 0.302 e. The fourth-order valence-corrected chi connectivity index (χ4v) is 2.79. The van der Waals surface area contributed by atoms with Crippen LogP contribution in [0, 0.1) is 12.7 Å². The highest BCUT2D eigenvalue weighted by atomic mass is 32.1. The lowest BCUT2D eigenvalue weighted by Gasteiger charge is -2.04. The molecule has 7 nitrogen and oxygen atoms in total. The van der Waals surface area contributed by atoms with E-state index in [2.05, 4.69) is 15.6 Å². The van der Waals surface area contributed by atoms with E-state index in [1.807, 2.05) is 0 Å². The van der Waals surface area contributed by atoms with Gasteiger partial charge >= 0.3 is 5.97 Å². The fraction of sp³-hybridized carbons (Fsp3) is 0.250. The second-order valence-electron chi connectivity index (χ2n) is 4.96. The molecule has 1 aromatic carbocycles. The first-order valence-electron chi connectivity index (χ1n) is 7.33. The minimum atomic E-state index is -0.645. The van der Waals surface area contributed by atoms with Crippen molar-refractivity contribution < 1.29 is 23.5 Å². The second-order valence-corrected chi connectivity index (χ2v) is 5.96. The summed E-state index contributed by atoms with van der Waals surface area (Å²) in [5.74, 6) is -2.11. The predicted molar refractivity (Wildman–Crippen MR) is 90.2 cm³/mol. The van der Waals surface area contributed by atoms with Crippen LogP contribution in [0.4, 0.5) is 9.52 Å². The van der Waals surface area contributed by atoms with E-state index < -0.39 is 23.6 Å². The summed E-state index contributed by atoms with van der Waals surface area (Å²) in [5.41, 5.74) is 0.321. The Bertz CT molecular complexity index is 806. The zero-order valence-corrected chi connectivity index (χ0v) is 14.4. The monoisotopic (exact) mass is 365 g/mol. The van der Waals surface area contributed by atoms with Gasteiger partial charge in [-0.25, -0.2) is 9.37 Å². The van der Waals surface area contributed by atoms with Crippen molar-refractivity contribution in [1.29, 1.82) is 0 Å². The summed E-state index contributed by atoms with van der Waals surface area (Å²) < 4.78 is 18.3. The number of nitrogens with zero attached hydrogens (tertiary/aromatic N) is 1. The number of carbonyl (C=O) groups is 3. The molecule has 25 heavy (non-hydrogen) atoms. The van der Waals surface area contributed by atoms with Gasteiger partial charge in [0.1, 0.15) is 17.3 Å². The van der Waals surface area contributed by atoms with Gasteiger partial charge in [0.2, 0.25) is 0 Å². The molecule has 0 radical (unpaired) electrons. The van der Waals surface area contributed by atoms with Crippen LogP contribution in [0.3, 0.4) is 0 Å². The number of benzene rings is 1. The van der Waals surface area contributed by atoms with Crippen LogP contribution in [0.5, 0.6) is 0 Å². The first-order valence-corrected chi connectivity index (χ1v) is 8.15. The Kier molecular flexibility index (Phi) is 6.18. The number of esters is 1. The number of nitrogens with one attached hydrogen (secondary N) is 2. The summed E-state index contributed by atoms with van der Waals surface area (Å²) in [7, 11) is 0. The van der Waals surface area contributed by atoms with Crippen molar-refractivity contribution in [2.45, 2.75) is 13.8 Å².